The number of Topliss-reactive ketones (excluding diaryl/α,β-unsaturated/α-hetero) is 1. The van der Waals surface area contributed by atoms with Gasteiger partial charge < -0.3 is 11.1 Å². The minimum Gasteiger partial charge on any atom is -0.345 e. The number of ketones is 1. The number of aromatic nitrogens is 1. The number of rotatable bonds is 10. The molecule has 0 aliphatic heterocycles. The highest BCUT2D eigenvalue weighted by Crippen LogP contribution is 2.14. The van der Waals surface area contributed by atoms with Gasteiger partial charge in [-0.1, -0.05) is 6.42 Å². The summed E-state index contributed by atoms with van der Waals surface area (Å²) in [5.41, 5.74) is 5.44. The lowest BCUT2D eigenvalue weighted by molar-refractivity contribution is -0.128. The molecule has 1 aromatic rings. The van der Waals surface area contributed by atoms with Crippen molar-refractivity contribution in [3.8, 4) is 0 Å². The normalized spacial score (nSPS) is 13.4. The number of unbranched alkanes of at least 4 members (excludes halogenated alkanes) is 2. The zero-order chi connectivity index (χ0) is 16.5. The lowest BCUT2D eigenvalue weighted by Crippen LogP contribution is -2.45. The van der Waals surface area contributed by atoms with E-state index in [1.165, 1.54) is 11.3 Å². The summed E-state index contributed by atoms with van der Waals surface area (Å²) in [5, 5.41) is 3.55. The van der Waals surface area contributed by atoms with Crippen LogP contribution in [0.2, 0.25) is 0 Å². The summed E-state index contributed by atoms with van der Waals surface area (Å²) >= 11 is 1.41. The van der Waals surface area contributed by atoms with Gasteiger partial charge in [0.25, 0.3) is 0 Å². The molecule has 0 unspecified atom stereocenters. The van der Waals surface area contributed by atoms with E-state index in [0.717, 1.165) is 37.0 Å². The minimum atomic E-state index is -0.607. The van der Waals surface area contributed by atoms with Crippen molar-refractivity contribution in [1.82, 2.24) is 10.3 Å². The number of nitrogens with zero attached hydrogens (tertiary/aromatic N) is 1. The number of nitrogens with one attached hydrogen (secondary N) is 1. The van der Waals surface area contributed by atoms with Gasteiger partial charge in [0.2, 0.25) is 5.91 Å². The van der Waals surface area contributed by atoms with Crippen molar-refractivity contribution in [2.75, 3.05) is 0 Å². The molecule has 22 heavy (non-hydrogen) atoms. The predicted octanol–water partition coefficient (Wildman–Crippen LogP) is 1.48. The molecule has 7 heteroatoms. The van der Waals surface area contributed by atoms with Crippen LogP contribution in [0.15, 0.2) is 6.20 Å². The fourth-order valence-corrected chi connectivity index (χ4v) is 2.67. The van der Waals surface area contributed by atoms with Crippen LogP contribution in [0.5, 0.6) is 0 Å². The van der Waals surface area contributed by atoms with E-state index in [2.05, 4.69) is 10.3 Å². The van der Waals surface area contributed by atoms with E-state index in [9.17, 15) is 14.4 Å². The first-order valence-electron chi connectivity index (χ1n) is 7.42. The summed E-state index contributed by atoms with van der Waals surface area (Å²) < 4.78 is 0. The van der Waals surface area contributed by atoms with Gasteiger partial charge in [-0.2, -0.15) is 0 Å². The molecule has 1 aromatic heterocycles. The summed E-state index contributed by atoms with van der Waals surface area (Å²) in [5.74, 6) is -0.290. The molecule has 3 N–H and O–H groups in total. The molecule has 0 bridgehead atoms. The maximum atomic E-state index is 11.9. The van der Waals surface area contributed by atoms with E-state index in [4.69, 9.17) is 5.73 Å². The second kappa shape index (κ2) is 9.42. The Labute approximate surface area is 134 Å². The van der Waals surface area contributed by atoms with Crippen molar-refractivity contribution < 1.29 is 14.4 Å². The third-order valence-corrected chi connectivity index (χ3v) is 4.24. The number of hydrogen-bond donors (Lipinski definition) is 2. The Morgan fingerprint density at radius 2 is 2.09 bits per heavy atom. The van der Waals surface area contributed by atoms with Crippen LogP contribution in [0.1, 0.15) is 54.2 Å². The maximum Gasteiger partial charge on any atom is 0.237 e. The molecule has 1 amide bonds. The zero-order valence-electron chi connectivity index (χ0n) is 13.0. The molecule has 0 aliphatic rings. The molecule has 1 heterocycles. The van der Waals surface area contributed by atoms with Crippen molar-refractivity contribution in [3.05, 3.63) is 16.1 Å². The maximum absolute atomic E-state index is 11.9. The number of carbonyl (C=O) groups is 3. The largest absolute Gasteiger partial charge is 0.345 e. The summed E-state index contributed by atoms with van der Waals surface area (Å²) in [4.78, 5) is 38.6. The number of hydrogen-bond acceptors (Lipinski definition) is 6. The van der Waals surface area contributed by atoms with Crippen LogP contribution in [0.25, 0.3) is 0 Å². The van der Waals surface area contributed by atoms with Crippen molar-refractivity contribution in [1.29, 1.82) is 0 Å². The fourth-order valence-electron chi connectivity index (χ4n) is 1.89. The summed E-state index contributed by atoms with van der Waals surface area (Å²) in [6.45, 7) is 3.26. The van der Waals surface area contributed by atoms with E-state index in [1.54, 1.807) is 20.0 Å². The Morgan fingerprint density at radius 3 is 2.68 bits per heavy atom. The van der Waals surface area contributed by atoms with Crippen LogP contribution < -0.4 is 11.1 Å². The molecule has 0 aromatic carbocycles. The molecule has 122 valence electrons. The van der Waals surface area contributed by atoms with Crippen LogP contribution in [-0.4, -0.2) is 35.0 Å². The van der Waals surface area contributed by atoms with Gasteiger partial charge in [-0.25, -0.2) is 4.98 Å². The molecule has 0 radical (unpaired) electrons. The standard InChI is InChI=1S/C15H23N3O3S/c1-10(16)15(21)18-11(2)13(20)6-4-3-5-7-14-17-8-12(9-19)22-14/h8-11H,3-7,16H2,1-2H3,(H,18,21)/t10-,11-/m0/s1. The average Bonchev–Trinajstić information content (AvgIpc) is 2.94. The third kappa shape index (κ3) is 6.44. The van der Waals surface area contributed by atoms with Gasteiger partial charge in [0.05, 0.1) is 22.0 Å². The summed E-state index contributed by atoms with van der Waals surface area (Å²) in [6.07, 6.45) is 6.27. The lowest BCUT2D eigenvalue weighted by Gasteiger charge is -2.14. The van der Waals surface area contributed by atoms with Crippen LogP contribution in [0.4, 0.5) is 0 Å². The first-order valence-corrected chi connectivity index (χ1v) is 8.24. The Balaban J connectivity index is 2.16. The highest BCUT2D eigenvalue weighted by atomic mass is 32.1. The topological polar surface area (TPSA) is 102 Å². The van der Waals surface area contributed by atoms with Gasteiger partial charge in [0, 0.05) is 12.6 Å². The van der Waals surface area contributed by atoms with Crippen molar-refractivity contribution in [3.63, 3.8) is 0 Å². The van der Waals surface area contributed by atoms with E-state index in [-0.39, 0.29) is 11.7 Å². The average molecular weight is 325 g/mol. The van der Waals surface area contributed by atoms with Crippen LogP contribution in [-0.2, 0) is 16.0 Å². The van der Waals surface area contributed by atoms with Crippen LogP contribution in [0.3, 0.4) is 0 Å². The molecule has 2 atom stereocenters. The molecule has 0 saturated carbocycles. The number of aryl methyl sites for hydroxylation is 1. The molecule has 0 aliphatic carbocycles. The number of thiazole rings is 1. The predicted molar refractivity (Wildman–Crippen MR) is 85.9 cm³/mol. The van der Waals surface area contributed by atoms with E-state index in [1.807, 2.05) is 0 Å². The van der Waals surface area contributed by atoms with E-state index in [0.29, 0.717) is 11.3 Å². The van der Waals surface area contributed by atoms with Crippen molar-refractivity contribution in [2.24, 2.45) is 5.73 Å². The minimum absolute atomic E-state index is 0.0199. The fraction of sp³-hybridized carbons (Fsp3) is 0.600. The van der Waals surface area contributed by atoms with Gasteiger partial charge in [0.1, 0.15) is 0 Å². The van der Waals surface area contributed by atoms with Crippen molar-refractivity contribution >= 4 is 29.3 Å². The second-order valence-corrected chi connectivity index (χ2v) is 6.47. The quantitative estimate of drug-likeness (QED) is 0.501. The van der Waals surface area contributed by atoms with Gasteiger partial charge in [-0.05, 0) is 33.1 Å². The highest BCUT2D eigenvalue weighted by molar-refractivity contribution is 7.13. The number of aldehydes is 1. The van der Waals surface area contributed by atoms with Crippen molar-refractivity contribution in [2.45, 2.75) is 58.0 Å². The van der Waals surface area contributed by atoms with Crippen LogP contribution in [0, 0.1) is 0 Å². The second-order valence-electron chi connectivity index (χ2n) is 5.32. The van der Waals surface area contributed by atoms with Gasteiger partial charge in [-0.3, -0.25) is 14.4 Å². The number of nitrogens with two attached hydrogens (primary N) is 1. The number of carbonyl (C=O) groups excluding carboxylic acids is 3. The first kappa shape index (κ1) is 18.4. The van der Waals surface area contributed by atoms with Gasteiger partial charge in [-0.15, -0.1) is 11.3 Å². The molecule has 6 nitrogen and oxygen atoms in total. The highest BCUT2D eigenvalue weighted by Gasteiger charge is 2.16. The first-order chi connectivity index (χ1) is 10.4. The molecular weight excluding hydrogens is 302 g/mol. The Bertz CT molecular complexity index is 514. The molecule has 1 rings (SSSR count). The third-order valence-electron chi connectivity index (χ3n) is 3.26. The molecule has 0 spiro atoms. The summed E-state index contributed by atoms with van der Waals surface area (Å²) in [7, 11) is 0. The van der Waals surface area contributed by atoms with E-state index < -0.39 is 12.1 Å². The molecule has 0 fully saturated rings. The SMILES string of the molecule is C[C@H](N)C(=O)N[C@@H](C)C(=O)CCCCCc1ncc(C=O)s1. The lowest BCUT2D eigenvalue weighted by atomic mass is 10.1. The summed E-state index contributed by atoms with van der Waals surface area (Å²) in [6, 6.07) is -1.10. The Hall–Kier alpha value is -1.60. The monoisotopic (exact) mass is 325 g/mol. The Kier molecular flexibility index (Phi) is 7.90. The van der Waals surface area contributed by atoms with Gasteiger partial charge >= 0.3 is 0 Å². The Morgan fingerprint density at radius 1 is 1.36 bits per heavy atom. The molecule has 0 saturated heterocycles. The van der Waals surface area contributed by atoms with E-state index >= 15 is 0 Å². The molecular formula is C15H23N3O3S. The zero-order valence-corrected chi connectivity index (χ0v) is 13.8. The smallest absolute Gasteiger partial charge is 0.237 e. The van der Waals surface area contributed by atoms with Gasteiger partial charge in [0.15, 0.2) is 12.1 Å². The number of amides is 1. The van der Waals surface area contributed by atoms with Crippen LogP contribution >= 0.6 is 11.3 Å².